The van der Waals surface area contributed by atoms with Crippen LogP contribution < -0.4 is 4.90 Å². The average Bonchev–Trinajstić information content (AvgIpc) is 2.76. The van der Waals surface area contributed by atoms with Gasteiger partial charge in [-0.15, -0.1) is 0 Å². The Hall–Kier alpha value is -1.90. The summed E-state index contributed by atoms with van der Waals surface area (Å²) < 4.78 is 5.60. The normalized spacial score (nSPS) is 16.5. The molecule has 0 bridgehead atoms. The van der Waals surface area contributed by atoms with Crippen molar-refractivity contribution >= 4 is 5.69 Å². The van der Waals surface area contributed by atoms with E-state index < -0.39 is 0 Å². The molecule has 1 aromatic heterocycles. The van der Waals surface area contributed by atoms with Gasteiger partial charge in [-0.3, -0.25) is 0 Å². The van der Waals surface area contributed by atoms with Crippen LogP contribution in [0.5, 0.6) is 5.75 Å². The van der Waals surface area contributed by atoms with Crippen molar-refractivity contribution in [1.82, 2.24) is 0 Å². The Bertz CT molecular complexity index is 584. The van der Waals surface area contributed by atoms with E-state index in [4.69, 9.17) is 4.42 Å². The van der Waals surface area contributed by atoms with Crippen molar-refractivity contribution in [2.75, 3.05) is 11.9 Å². The van der Waals surface area contributed by atoms with Crippen LogP contribution in [0.25, 0.3) is 11.3 Å². The highest BCUT2D eigenvalue weighted by atomic mass is 16.3. The van der Waals surface area contributed by atoms with Gasteiger partial charge in [-0.1, -0.05) is 0 Å². The monoisotopic (exact) mass is 229 g/mol. The molecule has 17 heavy (non-hydrogen) atoms. The van der Waals surface area contributed by atoms with Gasteiger partial charge < -0.3 is 14.4 Å². The van der Waals surface area contributed by atoms with Gasteiger partial charge in [0.2, 0.25) is 0 Å². The van der Waals surface area contributed by atoms with Crippen LogP contribution in [0.4, 0.5) is 5.69 Å². The third-order valence-electron chi connectivity index (χ3n) is 3.75. The summed E-state index contributed by atoms with van der Waals surface area (Å²) in [5.74, 6) is 1.18. The number of nitrogens with zero attached hydrogens (tertiary/aromatic N) is 1. The molecule has 1 N–H and O–H groups in total. The molecule has 1 aromatic carbocycles. The number of phenols is 1. The average molecular weight is 229 g/mol. The van der Waals surface area contributed by atoms with Crippen molar-refractivity contribution < 1.29 is 9.52 Å². The summed E-state index contributed by atoms with van der Waals surface area (Å²) in [5.41, 5.74) is 3.07. The molecule has 0 saturated heterocycles. The number of benzene rings is 1. The number of fused-ring (bicyclic) bond motifs is 3. The predicted octanol–water partition coefficient (Wildman–Crippen LogP) is 3.34. The Labute approximate surface area is 100 Å². The van der Waals surface area contributed by atoms with Gasteiger partial charge in [0, 0.05) is 24.2 Å². The lowest BCUT2D eigenvalue weighted by Gasteiger charge is -2.41. The number of aromatic hydroxyl groups is 1. The maximum absolute atomic E-state index is 9.62. The quantitative estimate of drug-likeness (QED) is 0.752. The molecule has 1 aliphatic heterocycles. The van der Waals surface area contributed by atoms with E-state index in [1.807, 2.05) is 19.2 Å². The third-order valence-corrected chi connectivity index (χ3v) is 3.75. The minimum atomic E-state index is -0.136. The van der Waals surface area contributed by atoms with E-state index in [-0.39, 0.29) is 11.3 Å². The lowest BCUT2D eigenvalue weighted by molar-refractivity contribution is 0.469. The van der Waals surface area contributed by atoms with Crippen LogP contribution in [0.2, 0.25) is 0 Å². The van der Waals surface area contributed by atoms with Crippen LogP contribution in [-0.4, -0.2) is 12.2 Å². The van der Waals surface area contributed by atoms with Crippen LogP contribution in [0.15, 0.2) is 34.9 Å². The fraction of sp³-hybridized carbons (Fsp3) is 0.286. The second-order valence-corrected chi connectivity index (χ2v) is 4.98. The maximum atomic E-state index is 9.62. The van der Waals surface area contributed by atoms with Crippen molar-refractivity contribution in [3.8, 4) is 17.1 Å². The molecule has 2 heterocycles. The maximum Gasteiger partial charge on any atom is 0.141 e. The van der Waals surface area contributed by atoms with Crippen LogP contribution in [0, 0.1) is 0 Å². The highest BCUT2D eigenvalue weighted by Crippen LogP contribution is 2.48. The zero-order valence-corrected chi connectivity index (χ0v) is 10.2. The lowest BCUT2D eigenvalue weighted by atomic mass is 9.85. The van der Waals surface area contributed by atoms with Crippen molar-refractivity contribution in [2.45, 2.75) is 19.4 Å². The molecule has 0 radical (unpaired) electrons. The molecular weight excluding hydrogens is 214 g/mol. The van der Waals surface area contributed by atoms with E-state index in [0.29, 0.717) is 0 Å². The van der Waals surface area contributed by atoms with Crippen molar-refractivity contribution in [2.24, 2.45) is 0 Å². The molecule has 0 amide bonds. The fourth-order valence-electron chi connectivity index (χ4n) is 2.47. The highest BCUT2D eigenvalue weighted by molar-refractivity contribution is 5.83. The molecule has 3 rings (SSSR count). The van der Waals surface area contributed by atoms with Gasteiger partial charge in [0.15, 0.2) is 0 Å². The topological polar surface area (TPSA) is 36.6 Å². The molecule has 0 atom stereocenters. The van der Waals surface area contributed by atoms with Gasteiger partial charge in [-0.25, -0.2) is 0 Å². The molecule has 2 aromatic rings. The lowest BCUT2D eigenvalue weighted by Crippen LogP contribution is -2.41. The largest absolute Gasteiger partial charge is 0.508 e. The van der Waals surface area contributed by atoms with Crippen LogP contribution >= 0.6 is 0 Å². The first-order valence-electron chi connectivity index (χ1n) is 5.67. The van der Waals surface area contributed by atoms with E-state index in [0.717, 1.165) is 17.0 Å². The molecule has 0 spiro atoms. The fourth-order valence-corrected chi connectivity index (χ4v) is 2.47. The summed E-state index contributed by atoms with van der Waals surface area (Å²) in [6.45, 7) is 4.29. The highest BCUT2D eigenvalue weighted by Gasteiger charge is 2.37. The number of furan rings is 1. The second kappa shape index (κ2) is 3.06. The van der Waals surface area contributed by atoms with Crippen molar-refractivity contribution in [3.05, 3.63) is 36.1 Å². The molecule has 88 valence electrons. The van der Waals surface area contributed by atoms with E-state index in [2.05, 4.69) is 18.7 Å². The molecule has 0 fully saturated rings. The molecule has 3 nitrogen and oxygen atoms in total. The van der Waals surface area contributed by atoms with Gasteiger partial charge >= 0.3 is 0 Å². The first-order valence-corrected chi connectivity index (χ1v) is 5.67. The van der Waals surface area contributed by atoms with Gasteiger partial charge in [-0.2, -0.15) is 0 Å². The van der Waals surface area contributed by atoms with Crippen LogP contribution in [-0.2, 0) is 5.54 Å². The minimum Gasteiger partial charge on any atom is -0.508 e. The van der Waals surface area contributed by atoms with Crippen molar-refractivity contribution in [3.63, 3.8) is 0 Å². The van der Waals surface area contributed by atoms with E-state index >= 15 is 0 Å². The summed E-state index contributed by atoms with van der Waals surface area (Å²) in [4.78, 5) is 2.17. The van der Waals surface area contributed by atoms with Crippen LogP contribution in [0.3, 0.4) is 0 Å². The SMILES string of the molecule is CN1c2cc(O)ccc2-c2occc2C1(C)C. The van der Waals surface area contributed by atoms with Gasteiger partial charge in [0.1, 0.15) is 11.5 Å². The molecular formula is C14H15NO2. The number of anilines is 1. The Balaban J connectivity index is 2.35. The van der Waals surface area contributed by atoms with Gasteiger partial charge in [0.25, 0.3) is 0 Å². The number of phenolic OH excluding ortho intramolecular Hbond substituents is 1. The number of hydrogen-bond acceptors (Lipinski definition) is 3. The molecule has 0 unspecified atom stereocenters. The van der Waals surface area contributed by atoms with E-state index in [9.17, 15) is 5.11 Å². The zero-order chi connectivity index (χ0) is 12.2. The molecule has 3 heteroatoms. The van der Waals surface area contributed by atoms with Gasteiger partial charge in [-0.05, 0) is 32.0 Å². The Morgan fingerprint density at radius 1 is 1.24 bits per heavy atom. The first kappa shape index (κ1) is 10.3. The Kier molecular flexibility index (Phi) is 1.85. The Morgan fingerprint density at radius 2 is 2.00 bits per heavy atom. The van der Waals surface area contributed by atoms with Gasteiger partial charge in [0.05, 0.1) is 17.5 Å². The van der Waals surface area contributed by atoms with Crippen LogP contribution in [0.1, 0.15) is 19.4 Å². The summed E-state index contributed by atoms with van der Waals surface area (Å²) in [7, 11) is 2.04. The second-order valence-electron chi connectivity index (χ2n) is 4.98. The van der Waals surface area contributed by atoms with E-state index in [1.165, 1.54) is 5.56 Å². The summed E-state index contributed by atoms with van der Waals surface area (Å²) in [5, 5.41) is 9.62. The minimum absolute atomic E-state index is 0.136. The van der Waals surface area contributed by atoms with Crippen molar-refractivity contribution in [1.29, 1.82) is 0 Å². The molecule has 0 saturated carbocycles. The van der Waals surface area contributed by atoms with E-state index in [1.54, 1.807) is 18.4 Å². The first-order chi connectivity index (χ1) is 8.01. The summed E-state index contributed by atoms with van der Waals surface area (Å²) >= 11 is 0. The predicted molar refractivity (Wildman–Crippen MR) is 67.2 cm³/mol. The zero-order valence-electron chi connectivity index (χ0n) is 10.2. The molecule has 0 aliphatic carbocycles. The molecule has 1 aliphatic rings. The summed E-state index contributed by atoms with van der Waals surface area (Å²) in [6, 6.07) is 7.39. The third kappa shape index (κ3) is 1.22. The Morgan fingerprint density at radius 3 is 2.76 bits per heavy atom. The summed E-state index contributed by atoms with van der Waals surface area (Å²) in [6.07, 6.45) is 1.72. The smallest absolute Gasteiger partial charge is 0.141 e. The number of hydrogen-bond donors (Lipinski definition) is 1. The standard InChI is InChI=1S/C14H15NO2/c1-14(2)11-6-7-17-13(11)10-5-4-9(16)8-12(10)15(14)3/h4-8,16H,1-3H3. The number of rotatable bonds is 0.